The van der Waals surface area contributed by atoms with Gasteiger partial charge in [0.05, 0.1) is 11.1 Å². The van der Waals surface area contributed by atoms with Gasteiger partial charge in [-0.2, -0.15) is 0 Å². The number of hydrogen-bond acceptors (Lipinski definition) is 4. The number of carbonyl (C=O) groups is 2. The van der Waals surface area contributed by atoms with Crippen LogP contribution in [0.15, 0.2) is 78.9 Å². The van der Waals surface area contributed by atoms with Gasteiger partial charge in [0.15, 0.2) is 6.61 Å². The molecule has 1 aliphatic rings. The van der Waals surface area contributed by atoms with Crippen LogP contribution in [0.4, 0.5) is 0 Å². The number of hydrogen-bond donors (Lipinski definition) is 1. The van der Waals surface area contributed by atoms with Crippen molar-refractivity contribution in [3.63, 3.8) is 0 Å². The Bertz CT molecular complexity index is 1170. The summed E-state index contributed by atoms with van der Waals surface area (Å²) in [7, 11) is 0. The Kier molecular flexibility index (Phi) is 9.83. The van der Waals surface area contributed by atoms with Crippen LogP contribution in [0, 0.1) is 0 Å². The van der Waals surface area contributed by atoms with Gasteiger partial charge in [-0.15, -0.1) is 0 Å². The van der Waals surface area contributed by atoms with Gasteiger partial charge in [-0.05, 0) is 48.2 Å². The van der Waals surface area contributed by atoms with E-state index in [9.17, 15) is 9.59 Å². The first-order chi connectivity index (χ1) is 18.0. The molecule has 1 fully saturated rings. The summed E-state index contributed by atoms with van der Waals surface area (Å²) < 4.78 is 11.4. The molecule has 0 bridgehead atoms. The quantitative estimate of drug-likeness (QED) is 0.358. The minimum atomic E-state index is -0.762. The molecule has 4 rings (SSSR count). The van der Waals surface area contributed by atoms with E-state index < -0.39 is 6.04 Å². The monoisotopic (exact) mass is 540 g/mol. The van der Waals surface area contributed by atoms with Crippen molar-refractivity contribution in [2.24, 2.45) is 0 Å². The van der Waals surface area contributed by atoms with Crippen LogP contribution in [0.3, 0.4) is 0 Å². The van der Waals surface area contributed by atoms with Crippen LogP contribution in [0.2, 0.25) is 10.0 Å². The molecule has 2 atom stereocenters. The fourth-order valence-corrected chi connectivity index (χ4v) is 4.58. The van der Waals surface area contributed by atoms with E-state index in [1.54, 1.807) is 41.3 Å². The van der Waals surface area contributed by atoms with Gasteiger partial charge in [-0.3, -0.25) is 9.59 Å². The van der Waals surface area contributed by atoms with E-state index in [-0.39, 0.29) is 31.1 Å². The predicted octanol–water partition coefficient (Wildman–Crippen LogP) is 5.31. The van der Waals surface area contributed by atoms with Crippen LogP contribution < -0.4 is 10.1 Å². The molecule has 0 saturated carbocycles. The summed E-state index contributed by atoms with van der Waals surface area (Å²) >= 11 is 12.3. The molecule has 1 N–H and O–H groups in total. The molecule has 0 aromatic heterocycles. The number of para-hydroxylation sites is 1. The Balaban J connectivity index is 1.58. The van der Waals surface area contributed by atoms with Crippen LogP contribution in [0.1, 0.15) is 24.0 Å². The molecule has 0 unspecified atom stereocenters. The molecule has 0 radical (unpaired) electrons. The van der Waals surface area contributed by atoms with E-state index >= 15 is 0 Å². The number of amides is 2. The van der Waals surface area contributed by atoms with Crippen LogP contribution in [0.5, 0.6) is 5.75 Å². The Labute approximate surface area is 227 Å². The van der Waals surface area contributed by atoms with Crippen molar-refractivity contribution in [1.82, 2.24) is 10.2 Å². The van der Waals surface area contributed by atoms with Crippen molar-refractivity contribution in [2.75, 3.05) is 19.8 Å². The minimum Gasteiger partial charge on any atom is -0.482 e. The molecule has 3 aromatic rings. The van der Waals surface area contributed by atoms with Gasteiger partial charge in [0.25, 0.3) is 5.91 Å². The van der Waals surface area contributed by atoms with Gasteiger partial charge >= 0.3 is 0 Å². The summed E-state index contributed by atoms with van der Waals surface area (Å²) in [5.41, 5.74) is 1.79. The first-order valence-electron chi connectivity index (χ1n) is 12.3. The van der Waals surface area contributed by atoms with Gasteiger partial charge in [0.2, 0.25) is 5.91 Å². The van der Waals surface area contributed by atoms with Gasteiger partial charge in [-0.25, -0.2) is 0 Å². The number of ether oxygens (including phenoxy) is 2. The second kappa shape index (κ2) is 13.5. The van der Waals surface area contributed by atoms with Crippen LogP contribution in [-0.2, 0) is 27.3 Å². The van der Waals surface area contributed by atoms with E-state index in [1.807, 2.05) is 42.5 Å². The van der Waals surface area contributed by atoms with Gasteiger partial charge < -0.3 is 19.7 Å². The fourth-order valence-electron chi connectivity index (χ4n) is 4.26. The van der Waals surface area contributed by atoms with E-state index in [4.69, 9.17) is 32.7 Å². The summed E-state index contributed by atoms with van der Waals surface area (Å²) in [5.74, 6) is -0.158. The van der Waals surface area contributed by atoms with Gasteiger partial charge in [0, 0.05) is 31.1 Å². The molecule has 1 saturated heterocycles. The van der Waals surface area contributed by atoms with Crippen molar-refractivity contribution in [3.05, 3.63) is 100 Å². The lowest BCUT2D eigenvalue weighted by Gasteiger charge is -2.32. The third-order valence-corrected chi connectivity index (χ3v) is 6.82. The molecule has 8 heteroatoms. The van der Waals surface area contributed by atoms with E-state index in [1.165, 1.54) is 0 Å². The molecular weight excluding hydrogens is 511 g/mol. The first-order valence-corrected chi connectivity index (χ1v) is 13.1. The standard InChI is InChI=1S/C29H30Cl2N2O4/c30-23-14-12-22(13-15-23)19-33(28(34)20-37-27-11-5-4-10-25(27)31)26(17-21-7-2-1-3-8-21)29(35)32-18-24-9-6-16-36-24/h1-5,7-8,10-15,24,26H,6,9,16-20H2,(H,32,35)/t24-,26+/m1/s1. The maximum absolute atomic E-state index is 13.6. The second-order valence-corrected chi connectivity index (χ2v) is 9.80. The van der Waals surface area contributed by atoms with Crippen LogP contribution in [-0.4, -0.2) is 48.6 Å². The van der Waals surface area contributed by atoms with E-state index in [0.29, 0.717) is 35.4 Å². The maximum atomic E-state index is 13.6. The van der Waals surface area contributed by atoms with Gasteiger partial charge in [-0.1, -0.05) is 77.8 Å². The predicted molar refractivity (Wildman–Crippen MR) is 145 cm³/mol. The molecule has 194 valence electrons. The normalized spacial score (nSPS) is 15.7. The minimum absolute atomic E-state index is 0.00898. The van der Waals surface area contributed by atoms with Crippen molar-refractivity contribution < 1.29 is 19.1 Å². The van der Waals surface area contributed by atoms with Gasteiger partial charge in [0.1, 0.15) is 11.8 Å². The number of nitrogens with zero attached hydrogens (tertiary/aromatic N) is 1. The third kappa shape index (κ3) is 7.96. The lowest BCUT2D eigenvalue weighted by Crippen LogP contribution is -2.52. The van der Waals surface area contributed by atoms with Crippen molar-refractivity contribution in [2.45, 2.75) is 38.0 Å². The van der Waals surface area contributed by atoms with Crippen molar-refractivity contribution >= 4 is 35.0 Å². The highest BCUT2D eigenvalue weighted by Crippen LogP contribution is 2.24. The fraction of sp³-hybridized carbons (Fsp3) is 0.310. The lowest BCUT2D eigenvalue weighted by molar-refractivity contribution is -0.143. The van der Waals surface area contributed by atoms with Crippen LogP contribution in [0.25, 0.3) is 0 Å². The topological polar surface area (TPSA) is 67.9 Å². The number of benzene rings is 3. The molecule has 0 spiro atoms. The summed E-state index contributed by atoms with van der Waals surface area (Å²) in [6.45, 7) is 1.06. The molecule has 0 aliphatic carbocycles. The Hall–Kier alpha value is -3.06. The molecule has 6 nitrogen and oxygen atoms in total. The Morgan fingerprint density at radius 1 is 0.973 bits per heavy atom. The lowest BCUT2D eigenvalue weighted by atomic mass is 10.0. The highest BCUT2D eigenvalue weighted by Gasteiger charge is 2.31. The van der Waals surface area contributed by atoms with Crippen LogP contribution >= 0.6 is 23.2 Å². The largest absolute Gasteiger partial charge is 0.482 e. The number of rotatable bonds is 11. The maximum Gasteiger partial charge on any atom is 0.261 e. The summed E-state index contributed by atoms with van der Waals surface area (Å²) in [5, 5.41) is 4.03. The molecular formula is C29H30Cl2N2O4. The third-order valence-electron chi connectivity index (χ3n) is 6.25. The van der Waals surface area contributed by atoms with E-state index in [0.717, 1.165) is 24.0 Å². The molecule has 2 amide bonds. The average Bonchev–Trinajstić information content (AvgIpc) is 3.44. The zero-order chi connectivity index (χ0) is 26.0. The zero-order valence-electron chi connectivity index (χ0n) is 20.4. The summed E-state index contributed by atoms with van der Waals surface area (Å²) in [4.78, 5) is 28.8. The van der Waals surface area contributed by atoms with Crippen molar-refractivity contribution in [1.29, 1.82) is 0 Å². The molecule has 1 heterocycles. The van der Waals surface area contributed by atoms with E-state index in [2.05, 4.69) is 5.32 Å². The number of halogens is 2. The van der Waals surface area contributed by atoms with Crippen molar-refractivity contribution in [3.8, 4) is 5.75 Å². The SMILES string of the molecule is O=C(NC[C@H]1CCCO1)[C@H](Cc1ccccc1)N(Cc1ccc(Cl)cc1)C(=O)COc1ccccc1Cl. The molecule has 37 heavy (non-hydrogen) atoms. The molecule has 1 aliphatic heterocycles. The second-order valence-electron chi connectivity index (χ2n) is 8.95. The highest BCUT2D eigenvalue weighted by molar-refractivity contribution is 6.32. The highest BCUT2D eigenvalue weighted by atomic mass is 35.5. The first kappa shape index (κ1) is 27.0. The molecule has 3 aromatic carbocycles. The Morgan fingerprint density at radius 2 is 1.70 bits per heavy atom. The summed E-state index contributed by atoms with van der Waals surface area (Å²) in [6.07, 6.45) is 2.23. The smallest absolute Gasteiger partial charge is 0.261 e. The average molecular weight is 541 g/mol. The number of nitrogens with one attached hydrogen (secondary N) is 1. The summed E-state index contributed by atoms with van der Waals surface area (Å²) in [6, 6.07) is 23.1. The Morgan fingerprint density at radius 3 is 2.41 bits per heavy atom. The zero-order valence-corrected chi connectivity index (χ0v) is 22.0. The number of carbonyl (C=O) groups excluding carboxylic acids is 2.